The molecule has 3 rings (SSSR count). The summed E-state index contributed by atoms with van der Waals surface area (Å²) >= 11 is 0. The first-order valence-corrected chi connectivity index (χ1v) is 7.00. The molecular formula is C16H16N6. The fourth-order valence-corrected chi connectivity index (χ4v) is 1.92. The first kappa shape index (κ1) is 13.9. The molecule has 2 heterocycles. The van der Waals surface area contributed by atoms with Crippen LogP contribution < -0.4 is 10.6 Å². The molecule has 6 heteroatoms. The Balaban J connectivity index is 1.52. The van der Waals surface area contributed by atoms with E-state index in [9.17, 15) is 0 Å². The molecule has 3 aromatic rings. The molecule has 2 aromatic heterocycles. The lowest BCUT2D eigenvalue weighted by Crippen LogP contribution is -2.04. The standard InChI is InChI=1S/C16H16N6/c1-7-17-15(18-8-1)21-11-13-3-5-14(6-4-13)12-22-16-19-9-2-10-20-16/h1-10H,11-12H2,(H,17,18,21)(H,19,20,22). The highest BCUT2D eigenvalue weighted by atomic mass is 15.1. The van der Waals surface area contributed by atoms with Crippen molar-refractivity contribution in [2.75, 3.05) is 10.6 Å². The molecule has 110 valence electrons. The molecule has 0 spiro atoms. The predicted octanol–water partition coefficient (Wildman–Crippen LogP) is 2.49. The number of nitrogens with zero attached hydrogens (tertiary/aromatic N) is 4. The monoisotopic (exact) mass is 292 g/mol. The SMILES string of the molecule is c1cnc(NCc2ccc(CNc3ncccn3)cc2)nc1. The third kappa shape index (κ3) is 3.99. The van der Waals surface area contributed by atoms with Gasteiger partial charge >= 0.3 is 0 Å². The van der Waals surface area contributed by atoms with Crippen molar-refractivity contribution in [2.24, 2.45) is 0 Å². The van der Waals surface area contributed by atoms with Crippen LogP contribution in [0.1, 0.15) is 11.1 Å². The fourth-order valence-electron chi connectivity index (χ4n) is 1.92. The van der Waals surface area contributed by atoms with E-state index in [1.165, 1.54) is 11.1 Å². The van der Waals surface area contributed by atoms with Crippen molar-refractivity contribution in [3.05, 3.63) is 72.3 Å². The number of hydrogen-bond acceptors (Lipinski definition) is 6. The highest BCUT2D eigenvalue weighted by molar-refractivity contribution is 5.31. The molecule has 0 aliphatic carbocycles. The number of hydrogen-bond donors (Lipinski definition) is 2. The van der Waals surface area contributed by atoms with Crippen LogP contribution in [-0.4, -0.2) is 19.9 Å². The summed E-state index contributed by atoms with van der Waals surface area (Å²) in [6.45, 7) is 1.39. The van der Waals surface area contributed by atoms with Gasteiger partial charge in [0.2, 0.25) is 11.9 Å². The summed E-state index contributed by atoms with van der Waals surface area (Å²) in [4.78, 5) is 16.5. The van der Waals surface area contributed by atoms with Gasteiger partial charge in [0.05, 0.1) is 0 Å². The Bertz CT molecular complexity index is 622. The summed E-state index contributed by atoms with van der Waals surface area (Å²) in [6, 6.07) is 11.9. The number of aromatic nitrogens is 4. The third-order valence-electron chi connectivity index (χ3n) is 3.06. The maximum Gasteiger partial charge on any atom is 0.222 e. The predicted molar refractivity (Wildman–Crippen MR) is 85.2 cm³/mol. The van der Waals surface area contributed by atoms with Crippen LogP contribution in [-0.2, 0) is 13.1 Å². The van der Waals surface area contributed by atoms with Gasteiger partial charge in [0.1, 0.15) is 0 Å². The van der Waals surface area contributed by atoms with Crippen LogP contribution >= 0.6 is 0 Å². The minimum absolute atomic E-state index is 0.634. The van der Waals surface area contributed by atoms with Gasteiger partial charge in [-0.15, -0.1) is 0 Å². The second-order valence-corrected chi connectivity index (χ2v) is 4.67. The second kappa shape index (κ2) is 7.12. The van der Waals surface area contributed by atoms with E-state index in [0.29, 0.717) is 25.0 Å². The van der Waals surface area contributed by atoms with E-state index in [1.54, 1.807) is 36.9 Å². The molecule has 22 heavy (non-hydrogen) atoms. The van der Waals surface area contributed by atoms with Crippen molar-refractivity contribution in [1.29, 1.82) is 0 Å². The van der Waals surface area contributed by atoms with Crippen molar-refractivity contribution < 1.29 is 0 Å². The van der Waals surface area contributed by atoms with E-state index in [1.807, 2.05) is 0 Å². The van der Waals surface area contributed by atoms with Gasteiger partial charge in [0.15, 0.2) is 0 Å². The number of anilines is 2. The average molecular weight is 292 g/mol. The van der Waals surface area contributed by atoms with Crippen molar-refractivity contribution >= 4 is 11.9 Å². The largest absolute Gasteiger partial charge is 0.350 e. The lowest BCUT2D eigenvalue weighted by atomic mass is 10.1. The number of rotatable bonds is 6. The molecule has 0 atom stereocenters. The topological polar surface area (TPSA) is 75.6 Å². The maximum absolute atomic E-state index is 4.13. The molecule has 2 N–H and O–H groups in total. The fraction of sp³-hybridized carbons (Fsp3) is 0.125. The molecule has 0 amide bonds. The molecule has 0 aliphatic rings. The number of benzene rings is 1. The zero-order valence-electron chi connectivity index (χ0n) is 12.0. The van der Waals surface area contributed by atoms with Crippen molar-refractivity contribution in [1.82, 2.24) is 19.9 Å². The molecular weight excluding hydrogens is 276 g/mol. The zero-order valence-corrected chi connectivity index (χ0v) is 12.0. The van der Waals surface area contributed by atoms with Gasteiger partial charge in [-0.1, -0.05) is 24.3 Å². The van der Waals surface area contributed by atoms with E-state index in [0.717, 1.165) is 0 Å². The van der Waals surface area contributed by atoms with Crippen LogP contribution in [0.25, 0.3) is 0 Å². The van der Waals surface area contributed by atoms with Crippen LogP contribution in [0.2, 0.25) is 0 Å². The van der Waals surface area contributed by atoms with Gasteiger partial charge in [-0.3, -0.25) is 0 Å². The Morgan fingerprint density at radius 1 is 0.591 bits per heavy atom. The minimum atomic E-state index is 0.634. The Hall–Kier alpha value is -3.02. The van der Waals surface area contributed by atoms with Crippen molar-refractivity contribution in [3.63, 3.8) is 0 Å². The van der Waals surface area contributed by atoms with Crippen molar-refractivity contribution in [3.8, 4) is 0 Å². The zero-order chi connectivity index (χ0) is 15.0. The highest BCUT2D eigenvalue weighted by Gasteiger charge is 1.98. The summed E-state index contributed by atoms with van der Waals surface area (Å²) in [5.74, 6) is 1.27. The van der Waals surface area contributed by atoms with Crippen LogP contribution in [0.3, 0.4) is 0 Å². The van der Waals surface area contributed by atoms with Crippen LogP contribution in [0.5, 0.6) is 0 Å². The van der Waals surface area contributed by atoms with Crippen molar-refractivity contribution in [2.45, 2.75) is 13.1 Å². The highest BCUT2D eigenvalue weighted by Crippen LogP contribution is 2.08. The molecule has 0 saturated heterocycles. The van der Waals surface area contributed by atoms with E-state index in [-0.39, 0.29) is 0 Å². The summed E-state index contributed by atoms with van der Waals surface area (Å²) in [7, 11) is 0. The lowest BCUT2D eigenvalue weighted by molar-refractivity contribution is 1.04. The lowest BCUT2D eigenvalue weighted by Gasteiger charge is -2.07. The first-order chi connectivity index (χ1) is 10.9. The molecule has 0 fully saturated rings. The Morgan fingerprint density at radius 3 is 1.32 bits per heavy atom. The number of nitrogens with one attached hydrogen (secondary N) is 2. The molecule has 0 aliphatic heterocycles. The molecule has 0 bridgehead atoms. The molecule has 6 nitrogen and oxygen atoms in total. The Labute approximate surface area is 128 Å². The van der Waals surface area contributed by atoms with Crippen LogP contribution in [0.15, 0.2) is 61.2 Å². The van der Waals surface area contributed by atoms with E-state index in [2.05, 4.69) is 54.8 Å². The van der Waals surface area contributed by atoms with Crippen LogP contribution in [0.4, 0.5) is 11.9 Å². The van der Waals surface area contributed by atoms with E-state index >= 15 is 0 Å². The first-order valence-electron chi connectivity index (χ1n) is 7.00. The molecule has 0 saturated carbocycles. The summed E-state index contributed by atoms with van der Waals surface area (Å²) < 4.78 is 0. The summed E-state index contributed by atoms with van der Waals surface area (Å²) in [5, 5.41) is 6.36. The van der Waals surface area contributed by atoms with Gasteiger partial charge in [-0.2, -0.15) is 0 Å². The summed E-state index contributed by atoms with van der Waals surface area (Å²) in [6.07, 6.45) is 6.87. The van der Waals surface area contributed by atoms with Gasteiger partial charge in [0.25, 0.3) is 0 Å². The Kier molecular flexibility index (Phi) is 4.51. The average Bonchev–Trinajstić information content (AvgIpc) is 2.61. The molecule has 0 unspecified atom stereocenters. The molecule has 1 aromatic carbocycles. The third-order valence-corrected chi connectivity index (χ3v) is 3.06. The smallest absolute Gasteiger partial charge is 0.222 e. The minimum Gasteiger partial charge on any atom is -0.350 e. The maximum atomic E-state index is 4.13. The van der Waals surface area contributed by atoms with E-state index < -0.39 is 0 Å². The van der Waals surface area contributed by atoms with Gasteiger partial charge in [0, 0.05) is 37.9 Å². The quantitative estimate of drug-likeness (QED) is 0.727. The second-order valence-electron chi connectivity index (χ2n) is 4.67. The summed E-state index contributed by atoms with van der Waals surface area (Å²) in [5.41, 5.74) is 2.35. The van der Waals surface area contributed by atoms with Gasteiger partial charge in [-0.05, 0) is 23.3 Å². The normalized spacial score (nSPS) is 10.2. The van der Waals surface area contributed by atoms with E-state index in [4.69, 9.17) is 0 Å². The van der Waals surface area contributed by atoms with Crippen LogP contribution in [0, 0.1) is 0 Å². The van der Waals surface area contributed by atoms with Gasteiger partial charge < -0.3 is 10.6 Å². The van der Waals surface area contributed by atoms with Gasteiger partial charge in [-0.25, -0.2) is 19.9 Å². The molecule has 0 radical (unpaired) electrons. The Morgan fingerprint density at radius 2 is 0.955 bits per heavy atom.